The summed E-state index contributed by atoms with van der Waals surface area (Å²) in [7, 11) is 0. The molecule has 2 heterocycles. The van der Waals surface area contributed by atoms with Crippen LogP contribution in [0, 0.1) is 5.92 Å². The average Bonchev–Trinajstić information content (AvgIpc) is 3.09. The van der Waals surface area contributed by atoms with Gasteiger partial charge >= 0.3 is 0 Å². The summed E-state index contributed by atoms with van der Waals surface area (Å²) in [4.78, 5) is 11.6. The Morgan fingerprint density at radius 2 is 2.00 bits per heavy atom. The molecular weight excluding hydrogens is 248 g/mol. The van der Waals surface area contributed by atoms with Gasteiger partial charge in [0, 0.05) is 25.1 Å². The number of rotatable bonds is 4. The molecule has 1 saturated carbocycles. The molecule has 1 aromatic rings. The number of hydrogen-bond donors (Lipinski definition) is 1. The highest BCUT2D eigenvalue weighted by molar-refractivity contribution is 5.48. The first kappa shape index (κ1) is 13.7. The Morgan fingerprint density at radius 3 is 2.75 bits per heavy atom. The van der Waals surface area contributed by atoms with Crippen molar-refractivity contribution in [3.8, 4) is 0 Å². The average molecular weight is 274 g/mol. The van der Waals surface area contributed by atoms with Crippen molar-refractivity contribution >= 4 is 11.6 Å². The third-order valence-corrected chi connectivity index (χ3v) is 4.79. The first-order valence-electron chi connectivity index (χ1n) is 8.18. The van der Waals surface area contributed by atoms with Crippen LogP contribution in [0.25, 0.3) is 0 Å². The molecule has 2 fully saturated rings. The van der Waals surface area contributed by atoms with Crippen molar-refractivity contribution in [2.24, 2.45) is 5.92 Å². The Kier molecular flexibility index (Phi) is 4.08. The van der Waals surface area contributed by atoms with Gasteiger partial charge < -0.3 is 10.6 Å². The van der Waals surface area contributed by atoms with E-state index in [-0.39, 0.29) is 0 Å². The third-order valence-electron chi connectivity index (χ3n) is 4.79. The highest BCUT2D eigenvalue weighted by Crippen LogP contribution is 2.37. The number of hydrogen-bond acceptors (Lipinski definition) is 4. The molecule has 0 spiro atoms. The Bertz CT molecular complexity index is 454. The molecule has 3 rings (SSSR count). The smallest absolute Gasteiger partial charge is 0.134 e. The minimum absolute atomic E-state index is 0.621. The van der Waals surface area contributed by atoms with E-state index in [0.717, 1.165) is 36.9 Å². The summed E-state index contributed by atoms with van der Waals surface area (Å²) in [5.41, 5.74) is 5.98. The zero-order valence-electron chi connectivity index (χ0n) is 12.5. The summed E-state index contributed by atoms with van der Waals surface area (Å²) in [6.07, 6.45) is 10.2. The van der Waals surface area contributed by atoms with Gasteiger partial charge in [-0.25, -0.2) is 9.97 Å². The molecule has 0 amide bonds. The molecule has 1 atom stereocenters. The van der Waals surface area contributed by atoms with Crippen molar-refractivity contribution in [3.05, 3.63) is 11.9 Å². The molecule has 20 heavy (non-hydrogen) atoms. The second kappa shape index (κ2) is 5.98. The summed E-state index contributed by atoms with van der Waals surface area (Å²) in [6, 6.07) is 2.65. The molecular formula is C16H26N4. The standard InChI is InChI=1S/C16H26N4/c1-2-6-15-18-14(17)11-16(19-15)20-10-5-9-13(20)12-7-3-4-8-12/h11-13H,2-10H2,1H3,(H2,17,18,19). The maximum absolute atomic E-state index is 5.98. The lowest BCUT2D eigenvalue weighted by Gasteiger charge is -2.30. The Labute approximate surface area is 121 Å². The topological polar surface area (TPSA) is 55.0 Å². The van der Waals surface area contributed by atoms with E-state index in [1.807, 2.05) is 6.07 Å². The van der Waals surface area contributed by atoms with Gasteiger partial charge in [0.15, 0.2) is 0 Å². The molecule has 2 N–H and O–H groups in total. The molecule has 4 heteroatoms. The number of nitrogen functional groups attached to an aromatic ring is 1. The largest absolute Gasteiger partial charge is 0.384 e. The molecule has 1 saturated heterocycles. The quantitative estimate of drug-likeness (QED) is 0.916. The number of aryl methyl sites for hydroxylation is 1. The molecule has 0 aromatic carbocycles. The van der Waals surface area contributed by atoms with E-state index in [0.29, 0.717) is 11.9 Å². The van der Waals surface area contributed by atoms with Crippen molar-refractivity contribution in [1.29, 1.82) is 0 Å². The predicted molar refractivity (Wildman–Crippen MR) is 82.8 cm³/mol. The van der Waals surface area contributed by atoms with Crippen LogP contribution in [0.2, 0.25) is 0 Å². The first-order valence-corrected chi connectivity index (χ1v) is 8.18. The molecule has 1 unspecified atom stereocenters. The van der Waals surface area contributed by atoms with E-state index >= 15 is 0 Å². The maximum atomic E-state index is 5.98. The summed E-state index contributed by atoms with van der Waals surface area (Å²) >= 11 is 0. The van der Waals surface area contributed by atoms with Crippen molar-refractivity contribution in [1.82, 2.24) is 9.97 Å². The number of nitrogens with two attached hydrogens (primary N) is 1. The van der Waals surface area contributed by atoms with Crippen LogP contribution in [0.3, 0.4) is 0 Å². The fraction of sp³-hybridized carbons (Fsp3) is 0.750. The van der Waals surface area contributed by atoms with Crippen LogP contribution >= 0.6 is 0 Å². The number of anilines is 2. The molecule has 1 aliphatic carbocycles. The lowest BCUT2D eigenvalue weighted by molar-refractivity contribution is 0.429. The molecule has 0 radical (unpaired) electrons. The van der Waals surface area contributed by atoms with Crippen molar-refractivity contribution in [2.75, 3.05) is 17.2 Å². The lowest BCUT2D eigenvalue weighted by atomic mass is 9.96. The van der Waals surface area contributed by atoms with E-state index in [1.165, 1.54) is 38.5 Å². The van der Waals surface area contributed by atoms with E-state index in [4.69, 9.17) is 10.7 Å². The first-order chi connectivity index (χ1) is 9.78. The SMILES string of the molecule is CCCc1nc(N)cc(N2CCCC2C2CCCC2)n1. The van der Waals surface area contributed by atoms with E-state index < -0.39 is 0 Å². The monoisotopic (exact) mass is 274 g/mol. The molecule has 1 aliphatic heterocycles. The minimum atomic E-state index is 0.621. The highest BCUT2D eigenvalue weighted by Gasteiger charge is 2.34. The maximum Gasteiger partial charge on any atom is 0.134 e. The van der Waals surface area contributed by atoms with E-state index in [2.05, 4.69) is 16.8 Å². The summed E-state index contributed by atoms with van der Waals surface area (Å²) < 4.78 is 0. The van der Waals surface area contributed by atoms with Gasteiger partial charge in [0.2, 0.25) is 0 Å². The fourth-order valence-corrected chi connectivity index (χ4v) is 3.89. The van der Waals surface area contributed by atoms with Gasteiger partial charge in [-0.05, 0) is 38.0 Å². The highest BCUT2D eigenvalue weighted by atomic mass is 15.2. The summed E-state index contributed by atoms with van der Waals surface area (Å²) in [5, 5.41) is 0. The molecule has 0 bridgehead atoms. The normalized spacial score (nSPS) is 23.6. The molecule has 2 aliphatic rings. The van der Waals surface area contributed by atoms with Gasteiger partial charge in [0.25, 0.3) is 0 Å². The summed E-state index contributed by atoms with van der Waals surface area (Å²) in [5.74, 6) is 3.45. The van der Waals surface area contributed by atoms with Crippen LogP contribution in [0.5, 0.6) is 0 Å². The number of nitrogens with zero attached hydrogens (tertiary/aromatic N) is 3. The van der Waals surface area contributed by atoms with Crippen molar-refractivity contribution in [3.63, 3.8) is 0 Å². The van der Waals surface area contributed by atoms with Crippen LogP contribution in [-0.2, 0) is 6.42 Å². The van der Waals surface area contributed by atoms with Gasteiger partial charge in [0.05, 0.1) is 0 Å². The Morgan fingerprint density at radius 1 is 1.20 bits per heavy atom. The van der Waals surface area contributed by atoms with Crippen LogP contribution in [0.15, 0.2) is 6.07 Å². The van der Waals surface area contributed by atoms with Gasteiger partial charge in [-0.2, -0.15) is 0 Å². The number of aromatic nitrogens is 2. The van der Waals surface area contributed by atoms with Crippen LogP contribution < -0.4 is 10.6 Å². The van der Waals surface area contributed by atoms with Gasteiger partial charge in [-0.1, -0.05) is 19.8 Å². The lowest BCUT2D eigenvalue weighted by Crippen LogP contribution is -2.35. The van der Waals surface area contributed by atoms with Crippen LogP contribution in [0.4, 0.5) is 11.6 Å². The zero-order valence-corrected chi connectivity index (χ0v) is 12.5. The fourth-order valence-electron chi connectivity index (χ4n) is 3.89. The van der Waals surface area contributed by atoms with Gasteiger partial charge in [0.1, 0.15) is 17.5 Å². The van der Waals surface area contributed by atoms with Crippen LogP contribution in [0.1, 0.15) is 57.7 Å². The van der Waals surface area contributed by atoms with Gasteiger partial charge in [-0.15, -0.1) is 0 Å². The summed E-state index contributed by atoms with van der Waals surface area (Å²) in [6.45, 7) is 3.28. The zero-order chi connectivity index (χ0) is 13.9. The van der Waals surface area contributed by atoms with E-state index in [9.17, 15) is 0 Å². The molecule has 110 valence electrons. The second-order valence-corrected chi connectivity index (χ2v) is 6.26. The third kappa shape index (κ3) is 2.74. The Balaban J connectivity index is 1.83. The minimum Gasteiger partial charge on any atom is -0.384 e. The molecule has 4 nitrogen and oxygen atoms in total. The Hall–Kier alpha value is -1.32. The van der Waals surface area contributed by atoms with E-state index in [1.54, 1.807) is 0 Å². The second-order valence-electron chi connectivity index (χ2n) is 6.26. The van der Waals surface area contributed by atoms with Gasteiger partial charge in [-0.3, -0.25) is 0 Å². The predicted octanol–water partition coefficient (Wildman–Crippen LogP) is 3.17. The van der Waals surface area contributed by atoms with Crippen molar-refractivity contribution in [2.45, 2.75) is 64.3 Å². The molecule has 1 aromatic heterocycles. The van der Waals surface area contributed by atoms with Crippen LogP contribution in [-0.4, -0.2) is 22.6 Å². The van der Waals surface area contributed by atoms with Crippen molar-refractivity contribution < 1.29 is 0 Å².